The Morgan fingerprint density at radius 3 is 1.81 bits per heavy atom. The van der Waals surface area contributed by atoms with E-state index in [9.17, 15) is 0 Å². The standard InChI is InChI=1S/C27H32N2O2S/c1-6-32-27(28-26-9-7-8-20(2)21(26)3)29(18-22-10-14-24(30-4)15-11-22)19-23-12-16-25(31-5)17-13-23/h7-17H,6,18-19H2,1-5H3. The van der Waals surface area contributed by atoms with E-state index in [1.807, 2.05) is 24.3 Å². The van der Waals surface area contributed by atoms with Crippen LogP contribution in [-0.4, -0.2) is 30.0 Å². The molecule has 0 aliphatic carbocycles. The van der Waals surface area contributed by atoms with Gasteiger partial charge in [0.05, 0.1) is 19.9 Å². The summed E-state index contributed by atoms with van der Waals surface area (Å²) in [7, 11) is 3.38. The predicted molar refractivity (Wildman–Crippen MR) is 136 cm³/mol. The van der Waals surface area contributed by atoms with Crippen LogP contribution >= 0.6 is 11.8 Å². The molecule has 3 rings (SSSR count). The van der Waals surface area contributed by atoms with Crippen molar-refractivity contribution < 1.29 is 9.47 Å². The maximum atomic E-state index is 5.33. The molecule has 3 aromatic carbocycles. The second-order valence-electron chi connectivity index (χ2n) is 7.60. The fourth-order valence-electron chi connectivity index (χ4n) is 3.38. The Bertz CT molecular complexity index is 981. The highest BCUT2D eigenvalue weighted by Crippen LogP contribution is 2.26. The van der Waals surface area contributed by atoms with E-state index >= 15 is 0 Å². The molecule has 0 spiro atoms. The highest BCUT2D eigenvalue weighted by Gasteiger charge is 2.15. The molecule has 0 N–H and O–H groups in total. The zero-order valence-corrected chi connectivity index (χ0v) is 20.4. The quantitative estimate of drug-likeness (QED) is 0.281. The van der Waals surface area contributed by atoms with E-state index in [1.54, 1.807) is 26.0 Å². The molecule has 0 aromatic heterocycles. The highest BCUT2D eigenvalue weighted by molar-refractivity contribution is 8.13. The van der Waals surface area contributed by atoms with Gasteiger partial charge in [-0.1, -0.05) is 55.1 Å². The van der Waals surface area contributed by atoms with E-state index in [4.69, 9.17) is 14.5 Å². The summed E-state index contributed by atoms with van der Waals surface area (Å²) in [6.45, 7) is 7.95. The summed E-state index contributed by atoms with van der Waals surface area (Å²) in [5.74, 6) is 2.68. The number of rotatable bonds is 8. The largest absolute Gasteiger partial charge is 0.497 e. The number of methoxy groups -OCH3 is 2. The molecule has 0 aliphatic heterocycles. The molecule has 168 valence electrons. The van der Waals surface area contributed by atoms with Crippen LogP contribution in [0.2, 0.25) is 0 Å². The van der Waals surface area contributed by atoms with Crippen LogP contribution in [0.1, 0.15) is 29.2 Å². The van der Waals surface area contributed by atoms with Crippen molar-refractivity contribution in [1.82, 2.24) is 4.90 Å². The molecule has 0 heterocycles. The maximum Gasteiger partial charge on any atom is 0.164 e. The van der Waals surface area contributed by atoms with Gasteiger partial charge in [0.1, 0.15) is 11.5 Å². The lowest BCUT2D eigenvalue weighted by molar-refractivity contribution is 0.405. The Morgan fingerprint density at radius 1 is 0.812 bits per heavy atom. The summed E-state index contributed by atoms with van der Waals surface area (Å²) in [5.41, 5.74) is 5.92. The van der Waals surface area contributed by atoms with Crippen LogP contribution in [0.5, 0.6) is 11.5 Å². The lowest BCUT2D eigenvalue weighted by atomic mass is 10.1. The van der Waals surface area contributed by atoms with Gasteiger partial charge in [0.25, 0.3) is 0 Å². The SMILES string of the molecule is CCSC(=Nc1cccc(C)c1C)N(Cc1ccc(OC)cc1)Cc1ccc(OC)cc1. The molecule has 0 aliphatic rings. The van der Waals surface area contributed by atoms with Crippen molar-refractivity contribution in [3.8, 4) is 11.5 Å². The molecule has 0 fully saturated rings. The molecule has 0 atom stereocenters. The molecule has 4 nitrogen and oxygen atoms in total. The molecule has 3 aromatic rings. The van der Waals surface area contributed by atoms with Crippen molar-refractivity contribution in [2.45, 2.75) is 33.9 Å². The van der Waals surface area contributed by atoms with Crippen molar-refractivity contribution in [1.29, 1.82) is 0 Å². The smallest absolute Gasteiger partial charge is 0.164 e. The number of benzene rings is 3. The van der Waals surface area contributed by atoms with E-state index in [0.29, 0.717) is 0 Å². The van der Waals surface area contributed by atoms with Gasteiger partial charge in [-0.25, -0.2) is 4.99 Å². The van der Waals surface area contributed by atoms with Gasteiger partial charge in [-0.05, 0) is 72.2 Å². The summed E-state index contributed by atoms with van der Waals surface area (Å²) in [6.07, 6.45) is 0. The third-order valence-electron chi connectivity index (χ3n) is 5.40. The maximum absolute atomic E-state index is 5.33. The zero-order chi connectivity index (χ0) is 22.9. The highest BCUT2D eigenvalue weighted by atomic mass is 32.2. The number of hydrogen-bond donors (Lipinski definition) is 0. The Hall–Kier alpha value is -2.92. The monoisotopic (exact) mass is 448 g/mol. The predicted octanol–water partition coefficient (Wildman–Crippen LogP) is 6.76. The Balaban J connectivity index is 1.97. The Labute approximate surface area is 196 Å². The molecule has 32 heavy (non-hydrogen) atoms. The van der Waals surface area contributed by atoms with Crippen LogP contribution in [0, 0.1) is 13.8 Å². The Morgan fingerprint density at radius 2 is 1.34 bits per heavy atom. The molecule has 0 amide bonds. The number of hydrogen-bond acceptors (Lipinski definition) is 4. The van der Waals surface area contributed by atoms with Crippen LogP contribution in [0.25, 0.3) is 0 Å². The van der Waals surface area contributed by atoms with E-state index in [1.165, 1.54) is 22.3 Å². The van der Waals surface area contributed by atoms with Crippen LogP contribution in [0.4, 0.5) is 5.69 Å². The van der Waals surface area contributed by atoms with E-state index in [2.05, 4.69) is 68.1 Å². The second-order valence-corrected chi connectivity index (χ2v) is 8.83. The summed E-state index contributed by atoms with van der Waals surface area (Å²) < 4.78 is 10.7. The van der Waals surface area contributed by atoms with Gasteiger partial charge < -0.3 is 14.4 Å². The molecule has 0 saturated heterocycles. The molecule has 0 radical (unpaired) electrons. The van der Waals surface area contributed by atoms with Crippen molar-refractivity contribution in [2.24, 2.45) is 4.99 Å². The summed E-state index contributed by atoms with van der Waals surface area (Å²) in [4.78, 5) is 7.47. The van der Waals surface area contributed by atoms with E-state index in [-0.39, 0.29) is 0 Å². The third kappa shape index (κ3) is 6.30. The lowest BCUT2D eigenvalue weighted by Crippen LogP contribution is -2.28. The molecule has 0 unspecified atom stereocenters. The number of amidine groups is 1. The van der Waals surface area contributed by atoms with Crippen molar-refractivity contribution in [2.75, 3.05) is 20.0 Å². The normalized spacial score (nSPS) is 11.3. The van der Waals surface area contributed by atoms with Crippen molar-refractivity contribution in [3.63, 3.8) is 0 Å². The molecular weight excluding hydrogens is 416 g/mol. The summed E-state index contributed by atoms with van der Waals surface area (Å²) in [6, 6.07) is 22.8. The fourth-order valence-corrected chi connectivity index (χ4v) is 4.11. The Kier molecular flexibility index (Phi) is 8.63. The first-order valence-electron chi connectivity index (χ1n) is 10.8. The van der Waals surface area contributed by atoms with Crippen molar-refractivity contribution in [3.05, 3.63) is 89.0 Å². The van der Waals surface area contributed by atoms with Crippen LogP contribution in [0.15, 0.2) is 71.7 Å². The first kappa shape index (κ1) is 23.7. The number of thioether (sulfide) groups is 1. The number of nitrogens with zero attached hydrogens (tertiary/aromatic N) is 2. The number of aliphatic imine (C=N–C) groups is 1. The second kappa shape index (κ2) is 11.6. The van der Waals surface area contributed by atoms with Gasteiger partial charge in [-0.3, -0.25) is 0 Å². The molecule has 5 heteroatoms. The molecule has 0 bridgehead atoms. The van der Waals surface area contributed by atoms with Crippen LogP contribution in [0.3, 0.4) is 0 Å². The zero-order valence-electron chi connectivity index (χ0n) is 19.6. The van der Waals surface area contributed by atoms with Gasteiger partial charge in [0.15, 0.2) is 5.17 Å². The van der Waals surface area contributed by atoms with Gasteiger partial charge in [0.2, 0.25) is 0 Å². The van der Waals surface area contributed by atoms with Gasteiger partial charge >= 0.3 is 0 Å². The number of ether oxygens (including phenoxy) is 2. The topological polar surface area (TPSA) is 34.1 Å². The fraction of sp³-hybridized carbons (Fsp3) is 0.296. The summed E-state index contributed by atoms with van der Waals surface area (Å²) in [5, 5.41) is 1.02. The number of aryl methyl sites for hydroxylation is 1. The molecular formula is C27H32N2O2S. The lowest BCUT2D eigenvalue weighted by Gasteiger charge is -2.26. The average Bonchev–Trinajstić information content (AvgIpc) is 2.82. The third-order valence-corrected chi connectivity index (χ3v) is 6.30. The minimum Gasteiger partial charge on any atom is -0.497 e. The first-order valence-corrected chi connectivity index (χ1v) is 11.8. The minimum atomic E-state index is 0.757. The minimum absolute atomic E-state index is 0.757. The van der Waals surface area contributed by atoms with E-state index in [0.717, 1.165) is 41.2 Å². The molecule has 0 saturated carbocycles. The van der Waals surface area contributed by atoms with Gasteiger partial charge in [-0.15, -0.1) is 0 Å². The summed E-state index contributed by atoms with van der Waals surface area (Å²) >= 11 is 1.77. The van der Waals surface area contributed by atoms with Crippen molar-refractivity contribution >= 4 is 22.6 Å². The van der Waals surface area contributed by atoms with Gasteiger partial charge in [0, 0.05) is 13.1 Å². The first-order chi connectivity index (χ1) is 15.5. The van der Waals surface area contributed by atoms with Crippen LogP contribution < -0.4 is 9.47 Å². The van der Waals surface area contributed by atoms with E-state index < -0.39 is 0 Å². The van der Waals surface area contributed by atoms with Gasteiger partial charge in [-0.2, -0.15) is 0 Å². The average molecular weight is 449 g/mol. The van der Waals surface area contributed by atoms with Crippen LogP contribution in [-0.2, 0) is 13.1 Å².